The van der Waals surface area contributed by atoms with Crippen LogP contribution in [0, 0.1) is 0 Å². The third-order valence-electron chi connectivity index (χ3n) is 13.8. The molecule has 3 heterocycles. The van der Waals surface area contributed by atoms with Crippen LogP contribution in [-0.4, -0.2) is 19.5 Å². The number of hydrogen-bond acceptors (Lipinski definition) is 4. The zero-order valence-electron chi connectivity index (χ0n) is 37.8. The van der Waals surface area contributed by atoms with E-state index in [1.54, 1.807) is 0 Å². The van der Waals surface area contributed by atoms with Gasteiger partial charge in [0.15, 0.2) is 17.5 Å². The monoisotopic (exact) mass is 908 g/mol. The maximum atomic E-state index is 5.45. The molecule has 4 nitrogen and oxygen atoms in total. The zero-order chi connectivity index (χ0) is 46.1. The Morgan fingerprint density at radius 1 is 0.286 bits per heavy atom. The molecule has 326 valence electrons. The lowest BCUT2D eigenvalue weighted by atomic mass is 9.97. The van der Waals surface area contributed by atoms with Crippen LogP contribution in [0.1, 0.15) is 0 Å². The standard InChI is InChI=1S/C65H40N4S/c1-3-17-41(18-4-1)48-24-11-13-28-53(48)64-66-63(67-65(68-64)54-29-14-12-25-49(54)42-19-5-2-6-20-42)47-32-35-58(55(39-47)46-33-36-61-57(38-46)51-27-15-16-30-60(51)70-61)69-59-40-45-23-8-7-22-44(45)37-56(59)52-34-31-43-21-9-10-26-50(43)62(52)69/h1-40H. The first kappa shape index (κ1) is 40.1. The molecular formula is C65H40N4S. The molecule has 3 aromatic heterocycles. The van der Waals surface area contributed by atoms with Crippen molar-refractivity contribution in [1.29, 1.82) is 0 Å². The summed E-state index contributed by atoms with van der Waals surface area (Å²) in [6.07, 6.45) is 0. The van der Waals surface area contributed by atoms with E-state index in [9.17, 15) is 0 Å². The van der Waals surface area contributed by atoms with Crippen LogP contribution in [0.15, 0.2) is 243 Å². The van der Waals surface area contributed by atoms with Crippen molar-refractivity contribution in [3.8, 4) is 73.2 Å². The SMILES string of the molecule is c1ccc(-c2ccccc2-c2nc(-c3ccc(-n4c5cc6ccccc6cc5c5ccc6ccccc6c54)c(-c4ccc5sc6ccccc6c5c4)c3)nc(-c3ccccc3-c3ccccc3)n2)cc1. The number of rotatable bonds is 7. The van der Waals surface area contributed by atoms with Gasteiger partial charge in [-0.3, -0.25) is 0 Å². The van der Waals surface area contributed by atoms with E-state index in [0.717, 1.165) is 61.3 Å². The van der Waals surface area contributed by atoms with Crippen LogP contribution >= 0.6 is 11.3 Å². The molecule has 0 aliphatic carbocycles. The summed E-state index contributed by atoms with van der Waals surface area (Å²) < 4.78 is 5.05. The van der Waals surface area contributed by atoms with Crippen LogP contribution in [0.25, 0.3) is 137 Å². The first-order valence-electron chi connectivity index (χ1n) is 23.7. The Morgan fingerprint density at radius 3 is 1.53 bits per heavy atom. The van der Waals surface area contributed by atoms with Crippen molar-refractivity contribution in [3.63, 3.8) is 0 Å². The Kier molecular flexibility index (Phi) is 9.36. The van der Waals surface area contributed by atoms with E-state index in [1.165, 1.54) is 58.0 Å². The van der Waals surface area contributed by atoms with Gasteiger partial charge in [-0.05, 0) is 92.5 Å². The van der Waals surface area contributed by atoms with Crippen molar-refractivity contribution in [2.45, 2.75) is 0 Å². The predicted octanol–water partition coefficient (Wildman–Crippen LogP) is 17.6. The highest BCUT2D eigenvalue weighted by Crippen LogP contribution is 2.44. The van der Waals surface area contributed by atoms with Gasteiger partial charge in [-0.1, -0.05) is 194 Å². The second-order valence-corrected chi connectivity index (χ2v) is 19.0. The summed E-state index contributed by atoms with van der Waals surface area (Å²) in [5.41, 5.74) is 12.7. The molecule has 0 saturated heterocycles. The van der Waals surface area contributed by atoms with Gasteiger partial charge in [-0.15, -0.1) is 11.3 Å². The average molecular weight is 909 g/mol. The molecule has 11 aromatic carbocycles. The molecule has 0 amide bonds. The molecule has 0 N–H and O–H groups in total. The summed E-state index contributed by atoms with van der Waals surface area (Å²) in [5, 5.41) is 9.76. The summed E-state index contributed by atoms with van der Waals surface area (Å²) >= 11 is 1.84. The molecule has 14 rings (SSSR count). The Hall–Kier alpha value is -9.03. The zero-order valence-corrected chi connectivity index (χ0v) is 38.6. The van der Waals surface area contributed by atoms with E-state index >= 15 is 0 Å². The second-order valence-electron chi connectivity index (χ2n) is 17.9. The summed E-state index contributed by atoms with van der Waals surface area (Å²) in [5.74, 6) is 1.82. The fourth-order valence-electron chi connectivity index (χ4n) is 10.5. The van der Waals surface area contributed by atoms with E-state index in [2.05, 4.69) is 247 Å². The lowest BCUT2D eigenvalue weighted by molar-refractivity contribution is 1.07. The Labute approximate surface area is 408 Å². The summed E-state index contributed by atoms with van der Waals surface area (Å²) in [6.45, 7) is 0. The Morgan fingerprint density at radius 2 is 0.829 bits per heavy atom. The van der Waals surface area contributed by atoms with Gasteiger partial charge >= 0.3 is 0 Å². The fourth-order valence-corrected chi connectivity index (χ4v) is 11.6. The molecule has 70 heavy (non-hydrogen) atoms. The minimum Gasteiger partial charge on any atom is -0.308 e. The average Bonchev–Trinajstić information content (AvgIpc) is 3.98. The van der Waals surface area contributed by atoms with Crippen LogP contribution in [0.2, 0.25) is 0 Å². The molecule has 5 heteroatoms. The number of thiophene rings is 1. The van der Waals surface area contributed by atoms with E-state index in [4.69, 9.17) is 15.0 Å². The van der Waals surface area contributed by atoms with Gasteiger partial charge in [-0.2, -0.15) is 0 Å². The van der Waals surface area contributed by atoms with Crippen molar-refractivity contribution >= 4 is 74.9 Å². The maximum absolute atomic E-state index is 5.45. The Balaban J connectivity index is 1.07. The lowest BCUT2D eigenvalue weighted by Gasteiger charge is -2.18. The number of aromatic nitrogens is 4. The smallest absolute Gasteiger partial charge is 0.164 e. The third kappa shape index (κ3) is 6.62. The highest BCUT2D eigenvalue weighted by molar-refractivity contribution is 7.25. The first-order valence-corrected chi connectivity index (χ1v) is 24.5. The van der Waals surface area contributed by atoms with E-state index in [1.807, 2.05) is 11.3 Å². The third-order valence-corrected chi connectivity index (χ3v) is 15.0. The molecule has 0 aliphatic rings. The van der Waals surface area contributed by atoms with Gasteiger partial charge in [0.25, 0.3) is 0 Å². The van der Waals surface area contributed by atoms with Crippen molar-refractivity contribution in [2.24, 2.45) is 0 Å². The molecule has 0 atom stereocenters. The molecule has 0 bridgehead atoms. The van der Waals surface area contributed by atoms with Gasteiger partial charge in [0.2, 0.25) is 0 Å². The number of fused-ring (bicyclic) bond motifs is 9. The number of hydrogen-bond donors (Lipinski definition) is 0. The van der Waals surface area contributed by atoms with E-state index in [-0.39, 0.29) is 0 Å². The van der Waals surface area contributed by atoms with Crippen molar-refractivity contribution in [3.05, 3.63) is 243 Å². The lowest BCUT2D eigenvalue weighted by Crippen LogP contribution is -2.03. The van der Waals surface area contributed by atoms with Crippen molar-refractivity contribution in [2.75, 3.05) is 0 Å². The van der Waals surface area contributed by atoms with E-state index in [0.29, 0.717) is 17.5 Å². The highest BCUT2D eigenvalue weighted by atomic mass is 32.1. The Bertz CT molecular complexity index is 4260. The molecule has 0 radical (unpaired) electrons. The minimum absolute atomic E-state index is 0.597. The molecule has 14 aromatic rings. The van der Waals surface area contributed by atoms with E-state index < -0.39 is 0 Å². The van der Waals surface area contributed by atoms with Gasteiger partial charge in [0.05, 0.1) is 16.7 Å². The molecule has 0 aliphatic heterocycles. The van der Waals surface area contributed by atoms with Crippen LogP contribution in [-0.2, 0) is 0 Å². The quantitative estimate of drug-likeness (QED) is 0.160. The molecular weight excluding hydrogens is 869 g/mol. The summed E-state index contributed by atoms with van der Waals surface area (Å²) in [6, 6.07) is 87.1. The fraction of sp³-hybridized carbons (Fsp3) is 0. The van der Waals surface area contributed by atoms with Gasteiger partial charge in [0.1, 0.15) is 0 Å². The van der Waals surface area contributed by atoms with Crippen molar-refractivity contribution < 1.29 is 0 Å². The van der Waals surface area contributed by atoms with Crippen LogP contribution in [0.5, 0.6) is 0 Å². The molecule has 0 fully saturated rings. The summed E-state index contributed by atoms with van der Waals surface area (Å²) in [4.78, 5) is 16.3. The van der Waals surface area contributed by atoms with Crippen LogP contribution in [0.3, 0.4) is 0 Å². The van der Waals surface area contributed by atoms with Crippen LogP contribution in [0.4, 0.5) is 0 Å². The molecule has 0 saturated carbocycles. The van der Waals surface area contributed by atoms with Gasteiger partial charge in [0, 0.05) is 58.6 Å². The van der Waals surface area contributed by atoms with Crippen molar-refractivity contribution in [1.82, 2.24) is 19.5 Å². The topological polar surface area (TPSA) is 43.6 Å². The normalized spacial score (nSPS) is 11.7. The predicted molar refractivity (Wildman–Crippen MR) is 295 cm³/mol. The first-order chi connectivity index (χ1) is 34.7. The molecule has 0 spiro atoms. The highest BCUT2D eigenvalue weighted by Gasteiger charge is 2.23. The maximum Gasteiger partial charge on any atom is 0.164 e. The van der Waals surface area contributed by atoms with Crippen LogP contribution < -0.4 is 0 Å². The van der Waals surface area contributed by atoms with Gasteiger partial charge in [-0.25, -0.2) is 15.0 Å². The number of nitrogens with zero attached hydrogens (tertiary/aromatic N) is 4. The minimum atomic E-state index is 0.597. The number of benzene rings is 11. The van der Waals surface area contributed by atoms with Gasteiger partial charge < -0.3 is 4.57 Å². The largest absolute Gasteiger partial charge is 0.308 e. The second kappa shape index (κ2) is 16.3. The summed E-state index contributed by atoms with van der Waals surface area (Å²) in [7, 11) is 0. The molecule has 0 unspecified atom stereocenters.